The third kappa shape index (κ3) is 2.96. The molecule has 1 saturated heterocycles. The van der Waals surface area contributed by atoms with Crippen LogP contribution in [-0.4, -0.2) is 46.1 Å². The maximum absolute atomic E-state index is 12.5. The number of ketones is 1. The molecule has 4 nitrogen and oxygen atoms in total. The molecule has 0 radical (unpaired) electrons. The number of Topliss-reactive ketones (excluding diaryl/α,β-unsaturated/α-hetero) is 1. The second-order valence-electron chi connectivity index (χ2n) is 5.98. The minimum absolute atomic E-state index is 0.198. The van der Waals surface area contributed by atoms with Crippen LogP contribution in [0.3, 0.4) is 0 Å². The van der Waals surface area contributed by atoms with E-state index in [1.165, 1.54) is 0 Å². The van der Waals surface area contributed by atoms with Crippen molar-refractivity contribution in [1.29, 1.82) is 0 Å². The molecule has 1 fully saturated rings. The average Bonchev–Trinajstić information content (AvgIpc) is 2.94. The Labute approximate surface area is 121 Å². The Bertz CT molecular complexity index is 491. The van der Waals surface area contributed by atoms with E-state index in [0.29, 0.717) is 12.5 Å². The van der Waals surface area contributed by atoms with Crippen molar-refractivity contribution < 1.29 is 9.90 Å². The van der Waals surface area contributed by atoms with Crippen molar-refractivity contribution in [3.05, 3.63) is 23.0 Å². The lowest BCUT2D eigenvalue weighted by atomic mass is 10.0. The Balaban J connectivity index is 2.03. The molecule has 2 atom stereocenters. The molecule has 0 saturated carbocycles. The number of hydrogen-bond acceptors (Lipinski definition) is 3. The van der Waals surface area contributed by atoms with Crippen LogP contribution >= 0.6 is 0 Å². The molecule has 2 heterocycles. The van der Waals surface area contributed by atoms with E-state index >= 15 is 0 Å². The summed E-state index contributed by atoms with van der Waals surface area (Å²) in [6.45, 7) is 11.1. The Hall–Kier alpha value is -1.13. The number of carbonyl (C=O) groups is 1. The second-order valence-corrected chi connectivity index (χ2v) is 5.98. The monoisotopic (exact) mass is 278 g/mol. The minimum Gasteiger partial charge on any atom is -0.393 e. The summed E-state index contributed by atoms with van der Waals surface area (Å²) in [6.07, 6.45) is 0.708. The van der Waals surface area contributed by atoms with E-state index in [1.807, 2.05) is 26.8 Å². The van der Waals surface area contributed by atoms with Crippen molar-refractivity contribution in [1.82, 2.24) is 9.47 Å². The van der Waals surface area contributed by atoms with Crippen LogP contribution in [0.15, 0.2) is 6.07 Å². The van der Waals surface area contributed by atoms with Gasteiger partial charge in [-0.05, 0) is 52.6 Å². The van der Waals surface area contributed by atoms with Crippen molar-refractivity contribution >= 4 is 5.78 Å². The van der Waals surface area contributed by atoms with Crippen LogP contribution in [0.1, 0.15) is 42.0 Å². The van der Waals surface area contributed by atoms with Gasteiger partial charge in [0.15, 0.2) is 5.78 Å². The lowest BCUT2D eigenvalue weighted by Gasteiger charge is -2.16. The molecule has 0 amide bonds. The molecule has 2 rings (SSSR count). The molecule has 0 bridgehead atoms. The van der Waals surface area contributed by atoms with Crippen LogP contribution in [0, 0.1) is 19.8 Å². The maximum Gasteiger partial charge on any atom is 0.178 e. The fourth-order valence-electron chi connectivity index (χ4n) is 3.26. The molecule has 112 valence electrons. The van der Waals surface area contributed by atoms with Crippen LogP contribution in [0.25, 0.3) is 0 Å². The van der Waals surface area contributed by atoms with E-state index in [9.17, 15) is 9.90 Å². The fourth-order valence-corrected chi connectivity index (χ4v) is 3.26. The zero-order valence-corrected chi connectivity index (χ0v) is 13.0. The highest BCUT2D eigenvalue weighted by molar-refractivity contribution is 5.99. The molecule has 0 aromatic carbocycles. The molecule has 20 heavy (non-hydrogen) atoms. The Morgan fingerprint density at radius 1 is 1.50 bits per heavy atom. The molecule has 0 spiro atoms. The highest BCUT2D eigenvalue weighted by Crippen LogP contribution is 2.21. The van der Waals surface area contributed by atoms with Crippen molar-refractivity contribution in [2.75, 3.05) is 19.6 Å². The van der Waals surface area contributed by atoms with Crippen molar-refractivity contribution in [3.63, 3.8) is 0 Å². The number of aryl methyl sites for hydroxylation is 1. The molecule has 1 aliphatic heterocycles. The third-order valence-corrected chi connectivity index (χ3v) is 4.55. The lowest BCUT2D eigenvalue weighted by molar-refractivity contribution is 0.0925. The van der Waals surface area contributed by atoms with Gasteiger partial charge in [-0.25, -0.2) is 0 Å². The largest absolute Gasteiger partial charge is 0.393 e. The molecular weight excluding hydrogens is 252 g/mol. The SMILES string of the molecule is CCn1c(C)cc(C(=O)CN2CCC(C(C)O)C2)c1C. The third-order valence-electron chi connectivity index (χ3n) is 4.55. The van der Waals surface area contributed by atoms with Gasteiger partial charge < -0.3 is 9.67 Å². The van der Waals surface area contributed by atoms with Gasteiger partial charge in [-0.2, -0.15) is 0 Å². The first-order valence-electron chi connectivity index (χ1n) is 7.54. The van der Waals surface area contributed by atoms with Crippen LogP contribution in [0.5, 0.6) is 0 Å². The zero-order valence-electron chi connectivity index (χ0n) is 13.0. The summed E-state index contributed by atoms with van der Waals surface area (Å²) in [5.74, 6) is 0.509. The number of aromatic nitrogens is 1. The van der Waals surface area contributed by atoms with Gasteiger partial charge in [-0.15, -0.1) is 0 Å². The number of hydrogen-bond donors (Lipinski definition) is 1. The van der Waals surface area contributed by atoms with E-state index < -0.39 is 0 Å². The Kier molecular flexibility index (Phi) is 4.66. The minimum atomic E-state index is -0.278. The first-order chi connectivity index (χ1) is 9.43. The van der Waals surface area contributed by atoms with Crippen LogP contribution in [0.4, 0.5) is 0 Å². The Morgan fingerprint density at radius 2 is 2.20 bits per heavy atom. The summed E-state index contributed by atoms with van der Waals surface area (Å²) >= 11 is 0. The van der Waals surface area contributed by atoms with Gasteiger partial charge in [0.05, 0.1) is 12.6 Å². The van der Waals surface area contributed by atoms with Crippen LogP contribution < -0.4 is 0 Å². The molecular formula is C16H26N2O2. The number of nitrogens with zero attached hydrogens (tertiary/aromatic N) is 2. The second kappa shape index (κ2) is 6.10. The van der Waals surface area contributed by atoms with Crippen molar-refractivity contribution in [3.8, 4) is 0 Å². The standard InChI is InChI=1S/C16H26N2O2/c1-5-18-11(2)8-15(12(18)3)16(20)10-17-7-6-14(9-17)13(4)19/h8,13-14,19H,5-7,9-10H2,1-4H3. The van der Waals surface area contributed by atoms with Crippen molar-refractivity contribution in [2.45, 2.75) is 46.8 Å². The van der Waals surface area contributed by atoms with Gasteiger partial charge in [-0.1, -0.05) is 0 Å². The first kappa shape index (κ1) is 15.3. The lowest BCUT2D eigenvalue weighted by Crippen LogP contribution is -2.29. The van der Waals surface area contributed by atoms with E-state index in [1.54, 1.807) is 0 Å². The molecule has 0 aliphatic carbocycles. The van der Waals surface area contributed by atoms with Gasteiger partial charge in [0, 0.05) is 30.0 Å². The summed E-state index contributed by atoms with van der Waals surface area (Å²) in [6, 6.07) is 2.00. The summed E-state index contributed by atoms with van der Waals surface area (Å²) in [5, 5.41) is 9.62. The van der Waals surface area contributed by atoms with Gasteiger partial charge >= 0.3 is 0 Å². The Morgan fingerprint density at radius 3 is 2.70 bits per heavy atom. The molecule has 1 aliphatic rings. The number of aliphatic hydroxyl groups is 1. The molecule has 2 unspecified atom stereocenters. The van der Waals surface area contributed by atoms with E-state index in [-0.39, 0.29) is 11.9 Å². The summed E-state index contributed by atoms with van der Waals surface area (Å²) in [4.78, 5) is 14.6. The quantitative estimate of drug-likeness (QED) is 0.838. The predicted molar refractivity (Wildman–Crippen MR) is 80.1 cm³/mol. The summed E-state index contributed by atoms with van der Waals surface area (Å²) < 4.78 is 2.18. The highest BCUT2D eigenvalue weighted by Gasteiger charge is 2.28. The van der Waals surface area contributed by atoms with Gasteiger partial charge in [-0.3, -0.25) is 9.69 Å². The topological polar surface area (TPSA) is 45.5 Å². The molecule has 1 aromatic heterocycles. The van der Waals surface area contributed by atoms with Crippen LogP contribution in [-0.2, 0) is 6.54 Å². The number of aliphatic hydroxyl groups excluding tert-OH is 1. The summed E-state index contributed by atoms with van der Waals surface area (Å²) in [7, 11) is 0. The maximum atomic E-state index is 12.5. The average molecular weight is 278 g/mol. The number of carbonyl (C=O) groups excluding carboxylic acids is 1. The van der Waals surface area contributed by atoms with E-state index in [4.69, 9.17) is 0 Å². The van der Waals surface area contributed by atoms with Gasteiger partial charge in [0.1, 0.15) is 0 Å². The van der Waals surface area contributed by atoms with Crippen molar-refractivity contribution in [2.24, 2.45) is 5.92 Å². The molecule has 1 aromatic rings. The fraction of sp³-hybridized carbons (Fsp3) is 0.688. The predicted octanol–water partition coefficient (Wildman–Crippen LogP) is 2.01. The molecule has 4 heteroatoms. The zero-order chi connectivity index (χ0) is 14.9. The highest BCUT2D eigenvalue weighted by atomic mass is 16.3. The van der Waals surface area contributed by atoms with Gasteiger partial charge in [0.2, 0.25) is 0 Å². The van der Waals surface area contributed by atoms with Crippen LogP contribution in [0.2, 0.25) is 0 Å². The summed E-state index contributed by atoms with van der Waals surface area (Å²) in [5.41, 5.74) is 3.07. The number of rotatable bonds is 5. The van der Waals surface area contributed by atoms with E-state index in [2.05, 4.69) is 16.4 Å². The van der Waals surface area contributed by atoms with Gasteiger partial charge in [0.25, 0.3) is 0 Å². The smallest absolute Gasteiger partial charge is 0.178 e. The first-order valence-corrected chi connectivity index (χ1v) is 7.54. The number of likely N-dealkylation sites (tertiary alicyclic amines) is 1. The van der Waals surface area contributed by atoms with E-state index in [0.717, 1.165) is 43.0 Å². The normalized spacial score (nSPS) is 21.4. The molecule has 1 N–H and O–H groups in total.